The molecule has 0 aromatic carbocycles. The molecular formula is C11H23ClN2O2. The Morgan fingerprint density at radius 3 is 2.69 bits per heavy atom. The molecule has 2 heterocycles. The lowest BCUT2D eigenvalue weighted by Gasteiger charge is -2.31. The highest BCUT2D eigenvalue weighted by atomic mass is 35.5. The first-order valence-corrected chi connectivity index (χ1v) is 5.99. The van der Waals surface area contributed by atoms with Gasteiger partial charge in [0.15, 0.2) is 0 Å². The van der Waals surface area contributed by atoms with Crippen LogP contribution in [0, 0.1) is 5.92 Å². The predicted molar refractivity (Wildman–Crippen MR) is 66.0 cm³/mol. The summed E-state index contributed by atoms with van der Waals surface area (Å²) >= 11 is 0. The van der Waals surface area contributed by atoms with Gasteiger partial charge in [-0.2, -0.15) is 0 Å². The topological polar surface area (TPSA) is 33.7 Å². The second-order valence-corrected chi connectivity index (χ2v) is 4.58. The van der Waals surface area contributed by atoms with Crippen LogP contribution < -0.4 is 5.32 Å². The molecule has 0 bridgehead atoms. The van der Waals surface area contributed by atoms with E-state index in [9.17, 15) is 0 Å². The minimum Gasteiger partial charge on any atom is -0.379 e. The average molecular weight is 251 g/mol. The Bertz CT molecular complexity index is 181. The summed E-state index contributed by atoms with van der Waals surface area (Å²) < 4.78 is 11.0. The van der Waals surface area contributed by atoms with Crippen LogP contribution in [-0.2, 0) is 9.47 Å². The van der Waals surface area contributed by atoms with Gasteiger partial charge in [0, 0.05) is 26.2 Å². The van der Waals surface area contributed by atoms with E-state index >= 15 is 0 Å². The Hall–Kier alpha value is 0.130. The van der Waals surface area contributed by atoms with Crippen LogP contribution in [0.2, 0.25) is 0 Å². The summed E-state index contributed by atoms with van der Waals surface area (Å²) in [5.74, 6) is 0.657. The minimum atomic E-state index is 0. The zero-order valence-corrected chi connectivity index (χ0v) is 10.8. The maximum atomic E-state index is 5.71. The molecule has 1 N–H and O–H groups in total. The third kappa shape index (κ3) is 4.55. The standard InChI is InChI=1S/C11H22N2O2.ClH/c1-10-8-12-11(15-9-10)2-3-13-4-6-14-7-5-13;/h10-12H,2-9H2,1H3;1H. The van der Waals surface area contributed by atoms with E-state index < -0.39 is 0 Å². The first-order valence-electron chi connectivity index (χ1n) is 5.99. The molecule has 4 nitrogen and oxygen atoms in total. The lowest BCUT2D eigenvalue weighted by atomic mass is 10.1. The summed E-state index contributed by atoms with van der Waals surface area (Å²) in [4.78, 5) is 2.45. The third-order valence-corrected chi connectivity index (χ3v) is 3.09. The van der Waals surface area contributed by atoms with Gasteiger partial charge in [-0.05, 0) is 12.3 Å². The van der Waals surface area contributed by atoms with Gasteiger partial charge in [-0.1, -0.05) is 6.92 Å². The van der Waals surface area contributed by atoms with Crippen molar-refractivity contribution in [3.8, 4) is 0 Å². The van der Waals surface area contributed by atoms with Crippen molar-refractivity contribution in [3.63, 3.8) is 0 Å². The molecule has 0 saturated carbocycles. The van der Waals surface area contributed by atoms with E-state index in [-0.39, 0.29) is 18.6 Å². The van der Waals surface area contributed by atoms with Crippen LogP contribution in [0.15, 0.2) is 0 Å². The van der Waals surface area contributed by atoms with Crippen LogP contribution in [0.3, 0.4) is 0 Å². The van der Waals surface area contributed by atoms with Gasteiger partial charge in [-0.15, -0.1) is 12.4 Å². The smallest absolute Gasteiger partial charge is 0.109 e. The van der Waals surface area contributed by atoms with Crippen molar-refractivity contribution in [1.29, 1.82) is 0 Å². The molecule has 0 aliphatic carbocycles. The zero-order valence-electron chi connectivity index (χ0n) is 9.98. The summed E-state index contributed by atoms with van der Waals surface area (Å²) in [5, 5.41) is 3.43. The van der Waals surface area contributed by atoms with Crippen LogP contribution in [0.5, 0.6) is 0 Å². The number of nitrogens with zero attached hydrogens (tertiary/aromatic N) is 1. The quantitative estimate of drug-likeness (QED) is 0.800. The van der Waals surface area contributed by atoms with E-state index in [0.29, 0.717) is 5.92 Å². The van der Waals surface area contributed by atoms with Gasteiger partial charge in [-0.25, -0.2) is 0 Å². The van der Waals surface area contributed by atoms with Crippen LogP contribution in [0.25, 0.3) is 0 Å². The molecule has 2 saturated heterocycles. The van der Waals surface area contributed by atoms with Crippen molar-refractivity contribution in [1.82, 2.24) is 10.2 Å². The summed E-state index contributed by atoms with van der Waals surface area (Å²) in [6.45, 7) is 9.24. The number of hydrogen-bond acceptors (Lipinski definition) is 4. The van der Waals surface area contributed by atoms with Gasteiger partial charge in [0.05, 0.1) is 19.8 Å². The Morgan fingerprint density at radius 1 is 1.31 bits per heavy atom. The van der Waals surface area contributed by atoms with E-state index in [1.807, 2.05) is 0 Å². The fourth-order valence-corrected chi connectivity index (χ4v) is 2.04. The fourth-order valence-electron chi connectivity index (χ4n) is 2.04. The SMILES string of the molecule is CC1CNC(CCN2CCOCC2)OC1.Cl. The Balaban J connectivity index is 0.00000128. The monoisotopic (exact) mass is 250 g/mol. The van der Waals surface area contributed by atoms with E-state index in [1.165, 1.54) is 0 Å². The van der Waals surface area contributed by atoms with Crippen LogP contribution in [0.4, 0.5) is 0 Å². The van der Waals surface area contributed by atoms with Gasteiger partial charge in [-0.3, -0.25) is 10.2 Å². The highest BCUT2D eigenvalue weighted by Crippen LogP contribution is 2.08. The summed E-state index contributed by atoms with van der Waals surface area (Å²) in [7, 11) is 0. The number of ether oxygens (including phenoxy) is 2. The first-order chi connectivity index (χ1) is 7.34. The number of hydrogen-bond donors (Lipinski definition) is 1. The molecule has 96 valence electrons. The number of halogens is 1. The summed E-state index contributed by atoms with van der Waals surface area (Å²) in [6.07, 6.45) is 1.36. The number of morpholine rings is 1. The van der Waals surface area contributed by atoms with Crippen LogP contribution >= 0.6 is 12.4 Å². The first kappa shape index (κ1) is 14.2. The largest absolute Gasteiger partial charge is 0.379 e. The minimum absolute atomic E-state index is 0. The molecule has 5 heteroatoms. The van der Waals surface area contributed by atoms with Crippen molar-refractivity contribution in [2.75, 3.05) is 46.0 Å². The number of rotatable bonds is 3. The molecule has 2 aliphatic heterocycles. The van der Waals surface area contributed by atoms with Crippen molar-refractivity contribution in [3.05, 3.63) is 0 Å². The fraction of sp³-hybridized carbons (Fsp3) is 1.00. The molecule has 2 atom stereocenters. The normalized spacial score (nSPS) is 32.1. The molecule has 2 fully saturated rings. The second-order valence-electron chi connectivity index (χ2n) is 4.58. The highest BCUT2D eigenvalue weighted by molar-refractivity contribution is 5.85. The Morgan fingerprint density at radius 2 is 2.06 bits per heavy atom. The predicted octanol–water partition coefficient (Wildman–Crippen LogP) is 0.712. The van der Waals surface area contributed by atoms with Crippen LogP contribution in [0.1, 0.15) is 13.3 Å². The maximum absolute atomic E-state index is 5.71. The van der Waals surface area contributed by atoms with Gasteiger partial charge in [0.25, 0.3) is 0 Å². The van der Waals surface area contributed by atoms with E-state index in [2.05, 4.69) is 17.1 Å². The van der Waals surface area contributed by atoms with E-state index in [4.69, 9.17) is 9.47 Å². The molecule has 2 aliphatic rings. The van der Waals surface area contributed by atoms with Crippen LogP contribution in [-0.4, -0.2) is 57.1 Å². The van der Waals surface area contributed by atoms with E-state index in [0.717, 1.165) is 52.4 Å². The highest BCUT2D eigenvalue weighted by Gasteiger charge is 2.19. The van der Waals surface area contributed by atoms with Gasteiger partial charge < -0.3 is 9.47 Å². The molecule has 16 heavy (non-hydrogen) atoms. The molecular weight excluding hydrogens is 228 g/mol. The molecule has 0 radical (unpaired) electrons. The second kappa shape index (κ2) is 7.45. The zero-order chi connectivity index (χ0) is 10.5. The summed E-state index contributed by atoms with van der Waals surface area (Å²) in [5.41, 5.74) is 0. The molecule has 0 aromatic heterocycles. The Kier molecular flexibility index (Phi) is 6.61. The summed E-state index contributed by atoms with van der Waals surface area (Å²) in [6, 6.07) is 0. The Labute approximate surface area is 104 Å². The van der Waals surface area contributed by atoms with Crippen molar-refractivity contribution < 1.29 is 9.47 Å². The van der Waals surface area contributed by atoms with Crippen molar-refractivity contribution >= 4 is 12.4 Å². The molecule has 2 unspecified atom stereocenters. The lowest BCUT2D eigenvalue weighted by molar-refractivity contribution is -0.0376. The number of nitrogens with one attached hydrogen (secondary N) is 1. The molecule has 0 spiro atoms. The molecule has 0 aromatic rings. The average Bonchev–Trinajstić information content (AvgIpc) is 2.30. The molecule has 2 rings (SSSR count). The van der Waals surface area contributed by atoms with Gasteiger partial charge >= 0.3 is 0 Å². The van der Waals surface area contributed by atoms with Gasteiger partial charge in [0.1, 0.15) is 6.23 Å². The van der Waals surface area contributed by atoms with Gasteiger partial charge in [0.2, 0.25) is 0 Å². The van der Waals surface area contributed by atoms with Crippen molar-refractivity contribution in [2.45, 2.75) is 19.6 Å². The molecule has 0 amide bonds. The van der Waals surface area contributed by atoms with Crippen molar-refractivity contribution in [2.24, 2.45) is 5.92 Å². The lowest BCUT2D eigenvalue weighted by Crippen LogP contribution is -2.45. The third-order valence-electron chi connectivity index (χ3n) is 3.09. The van der Waals surface area contributed by atoms with E-state index in [1.54, 1.807) is 0 Å². The maximum Gasteiger partial charge on any atom is 0.109 e.